The maximum Gasteiger partial charge on any atom is 0.418 e. The Balaban J connectivity index is 1.98. The van der Waals surface area contributed by atoms with Crippen LogP contribution in [0.2, 0.25) is 0 Å². The van der Waals surface area contributed by atoms with E-state index in [1.54, 1.807) is 0 Å². The molecule has 0 aromatic heterocycles. The standard InChI is InChI=1S/C25H21F3N4O6/c1-36-19(33)11-18-21(23(34)37-2)20(15(12-29)22(30)38-18)13-6-5-7-14(10-13)31-24(35)32-17-9-4-3-8-16(17)25(26,27)28/h3-10,20H,11,30H2,1-2H3,(H2,31,32,35). The lowest BCUT2D eigenvalue weighted by Crippen LogP contribution is -2.27. The molecule has 1 aliphatic heterocycles. The molecule has 2 amide bonds. The second-order valence-electron chi connectivity index (χ2n) is 7.75. The number of rotatable bonds is 6. The number of nitrogens with one attached hydrogen (secondary N) is 2. The van der Waals surface area contributed by atoms with E-state index in [-0.39, 0.29) is 34.0 Å². The molecule has 0 radical (unpaired) electrons. The Labute approximate surface area is 214 Å². The van der Waals surface area contributed by atoms with E-state index in [1.807, 2.05) is 6.07 Å². The number of para-hydroxylation sites is 1. The van der Waals surface area contributed by atoms with E-state index in [2.05, 4.69) is 15.4 Å². The van der Waals surface area contributed by atoms with Crippen molar-refractivity contribution in [3.63, 3.8) is 0 Å². The van der Waals surface area contributed by atoms with Crippen molar-refractivity contribution in [1.82, 2.24) is 0 Å². The summed E-state index contributed by atoms with van der Waals surface area (Å²) >= 11 is 0. The predicted octanol–water partition coefficient (Wildman–Crippen LogP) is 4.15. The highest BCUT2D eigenvalue weighted by Gasteiger charge is 2.38. The molecule has 1 heterocycles. The van der Waals surface area contributed by atoms with Gasteiger partial charge in [-0.05, 0) is 29.8 Å². The van der Waals surface area contributed by atoms with E-state index in [0.717, 1.165) is 26.4 Å². The Morgan fingerprint density at radius 1 is 1.08 bits per heavy atom. The van der Waals surface area contributed by atoms with Gasteiger partial charge >= 0.3 is 24.1 Å². The molecular weight excluding hydrogens is 509 g/mol. The van der Waals surface area contributed by atoms with E-state index < -0.39 is 47.7 Å². The molecule has 0 saturated heterocycles. The molecule has 0 spiro atoms. The van der Waals surface area contributed by atoms with Gasteiger partial charge in [-0.3, -0.25) is 4.79 Å². The number of anilines is 2. The molecule has 2 aromatic rings. The van der Waals surface area contributed by atoms with Crippen molar-refractivity contribution < 1.29 is 41.8 Å². The van der Waals surface area contributed by atoms with Crippen LogP contribution in [0.1, 0.15) is 23.5 Å². The summed E-state index contributed by atoms with van der Waals surface area (Å²) in [5.41, 5.74) is 4.45. The van der Waals surface area contributed by atoms with Crippen molar-refractivity contribution >= 4 is 29.3 Å². The number of hydrogen-bond acceptors (Lipinski definition) is 8. The predicted molar refractivity (Wildman–Crippen MR) is 127 cm³/mol. The number of nitriles is 1. The first-order valence-electron chi connectivity index (χ1n) is 10.8. The Kier molecular flexibility index (Phi) is 8.26. The van der Waals surface area contributed by atoms with Gasteiger partial charge < -0.3 is 30.6 Å². The maximum atomic E-state index is 13.3. The van der Waals surface area contributed by atoms with Crippen molar-refractivity contribution in [2.24, 2.45) is 5.73 Å². The quantitative estimate of drug-likeness (QED) is 0.471. The molecule has 38 heavy (non-hydrogen) atoms. The van der Waals surface area contributed by atoms with Crippen LogP contribution >= 0.6 is 0 Å². The number of nitrogens with two attached hydrogens (primary N) is 1. The van der Waals surface area contributed by atoms with Crippen LogP contribution in [0.5, 0.6) is 0 Å². The first kappa shape index (κ1) is 27.6. The second kappa shape index (κ2) is 11.4. The maximum absolute atomic E-state index is 13.3. The number of ether oxygens (including phenoxy) is 3. The lowest BCUT2D eigenvalue weighted by molar-refractivity contribution is -0.140. The zero-order chi connectivity index (χ0) is 28.0. The largest absolute Gasteiger partial charge is 0.469 e. The fraction of sp³-hybridized carbons (Fsp3) is 0.200. The van der Waals surface area contributed by atoms with Gasteiger partial charge in [0.15, 0.2) is 0 Å². The monoisotopic (exact) mass is 530 g/mol. The highest BCUT2D eigenvalue weighted by molar-refractivity contribution is 6.00. The van der Waals surface area contributed by atoms with E-state index in [1.165, 1.54) is 36.4 Å². The van der Waals surface area contributed by atoms with Crippen LogP contribution < -0.4 is 16.4 Å². The molecule has 10 nitrogen and oxygen atoms in total. The van der Waals surface area contributed by atoms with Crippen LogP contribution in [0.15, 0.2) is 71.3 Å². The summed E-state index contributed by atoms with van der Waals surface area (Å²) in [7, 11) is 2.23. The molecular formula is C25H21F3N4O6. The third kappa shape index (κ3) is 6.04. The minimum atomic E-state index is -4.69. The average Bonchev–Trinajstić information content (AvgIpc) is 2.87. The van der Waals surface area contributed by atoms with Gasteiger partial charge in [-0.25, -0.2) is 9.59 Å². The number of amides is 2. The fourth-order valence-electron chi connectivity index (χ4n) is 3.74. The smallest absolute Gasteiger partial charge is 0.418 e. The van der Waals surface area contributed by atoms with E-state index in [4.69, 9.17) is 15.2 Å². The lowest BCUT2D eigenvalue weighted by atomic mass is 9.82. The summed E-state index contributed by atoms with van der Waals surface area (Å²) in [5.74, 6) is -3.36. The SMILES string of the molecule is COC(=O)CC1=C(C(=O)OC)C(c2cccc(NC(=O)Nc3ccccc3C(F)(F)F)c2)C(C#N)=C(N)O1. The Morgan fingerprint density at radius 3 is 2.42 bits per heavy atom. The number of allylic oxidation sites excluding steroid dienone is 1. The van der Waals surface area contributed by atoms with Crippen LogP contribution in [0.25, 0.3) is 0 Å². The molecule has 1 aliphatic rings. The van der Waals surface area contributed by atoms with E-state index in [9.17, 15) is 32.8 Å². The highest BCUT2D eigenvalue weighted by atomic mass is 19.4. The van der Waals surface area contributed by atoms with E-state index >= 15 is 0 Å². The zero-order valence-electron chi connectivity index (χ0n) is 20.0. The van der Waals surface area contributed by atoms with Gasteiger partial charge in [0.2, 0.25) is 5.88 Å². The summed E-state index contributed by atoms with van der Waals surface area (Å²) in [5, 5.41) is 14.3. The van der Waals surface area contributed by atoms with Gasteiger partial charge in [0, 0.05) is 5.69 Å². The molecule has 13 heteroatoms. The molecule has 4 N–H and O–H groups in total. The van der Waals surface area contributed by atoms with Crippen molar-refractivity contribution in [3.05, 3.63) is 82.4 Å². The number of methoxy groups -OCH3 is 2. The number of nitrogens with zero attached hydrogens (tertiary/aromatic N) is 1. The molecule has 198 valence electrons. The number of esters is 2. The number of carbonyl (C=O) groups excluding carboxylic acids is 3. The number of carbonyl (C=O) groups is 3. The molecule has 0 aliphatic carbocycles. The molecule has 1 unspecified atom stereocenters. The summed E-state index contributed by atoms with van der Waals surface area (Å²) in [4.78, 5) is 37.2. The van der Waals surface area contributed by atoms with Crippen LogP contribution in [0, 0.1) is 11.3 Å². The molecule has 0 bridgehead atoms. The number of hydrogen-bond donors (Lipinski definition) is 3. The van der Waals surface area contributed by atoms with Crippen molar-refractivity contribution in [3.8, 4) is 6.07 Å². The van der Waals surface area contributed by atoms with Gasteiger partial charge in [0.05, 0.1) is 37.0 Å². The molecule has 2 aromatic carbocycles. The van der Waals surface area contributed by atoms with Gasteiger partial charge in [-0.2, -0.15) is 18.4 Å². The van der Waals surface area contributed by atoms with Crippen molar-refractivity contribution in [2.75, 3.05) is 24.9 Å². The third-order valence-corrected chi connectivity index (χ3v) is 5.39. The number of benzene rings is 2. The third-order valence-electron chi connectivity index (χ3n) is 5.39. The highest BCUT2D eigenvalue weighted by Crippen LogP contribution is 2.41. The Morgan fingerprint density at radius 2 is 1.79 bits per heavy atom. The fourth-order valence-corrected chi connectivity index (χ4v) is 3.74. The average molecular weight is 530 g/mol. The van der Waals surface area contributed by atoms with Crippen molar-refractivity contribution in [2.45, 2.75) is 18.5 Å². The number of urea groups is 1. The normalized spacial score (nSPS) is 15.2. The summed E-state index contributed by atoms with van der Waals surface area (Å²) < 4.78 is 54.6. The summed E-state index contributed by atoms with van der Waals surface area (Å²) in [6.07, 6.45) is -5.18. The van der Waals surface area contributed by atoms with Crippen LogP contribution in [0.3, 0.4) is 0 Å². The summed E-state index contributed by atoms with van der Waals surface area (Å²) in [6, 6.07) is 11.2. The van der Waals surface area contributed by atoms with Crippen LogP contribution in [-0.4, -0.2) is 32.2 Å². The second-order valence-corrected chi connectivity index (χ2v) is 7.75. The molecule has 0 fully saturated rings. The lowest BCUT2D eigenvalue weighted by Gasteiger charge is -2.27. The van der Waals surface area contributed by atoms with Crippen LogP contribution in [-0.2, 0) is 30.0 Å². The van der Waals surface area contributed by atoms with Gasteiger partial charge in [0.1, 0.15) is 23.8 Å². The topological polar surface area (TPSA) is 153 Å². The molecule has 3 rings (SSSR count). The zero-order valence-corrected chi connectivity index (χ0v) is 20.0. The van der Waals surface area contributed by atoms with Gasteiger partial charge in [0.25, 0.3) is 0 Å². The number of halogens is 3. The first-order chi connectivity index (χ1) is 18.0. The Bertz CT molecular complexity index is 1380. The van der Waals surface area contributed by atoms with Gasteiger partial charge in [-0.1, -0.05) is 24.3 Å². The minimum Gasteiger partial charge on any atom is -0.469 e. The van der Waals surface area contributed by atoms with Crippen molar-refractivity contribution in [1.29, 1.82) is 5.26 Å². The van der Waals surface area contributed by atoms with Crippen LogP contribution in [0.4, 0.5) is 29.3 Å². The number of alkyl halides is 3. The first-order valence-corrected chi connectivity index (χ1v) is 10.8. The molecule has 0 saturated carbocycles. The Hall–Kier alpha value is -4.99. The summed E-state index contributed by atoms with van der Waals surface area (Å²) in [6.45, 7) is 0. The molecule has 1 atom stereocenters. The van der Waals surface area contributed by atoms with Gasteiger partial charge in [-0.15, -0.1) is 0 Å². The minimum absolute atomic E-state index is 0.116. The van der Waals surface area contributed by atoms with E-state index in [0.29, 0.717) is 0 Å².